The van der Waals surface area contributed by atoms with Crippen LogP contribution in [0, 0.1) is 0 Å². The van der Waals surface area contributed by atoms with E-state index in [4.69, 9.17) is 16.3 Å². The summed E-state index contributed by atoms with van der Waals surface area (Å²) >= 11 is 6.01. The summed E-state index contributed by atoms with van der Waals surface area (Å²) in [5.41, 5.74) is 1.15. The van der Waals surface area contributed by atoms with E-state index in [-0.39, 0.29) is 6.54 Å². The van der Waals surface area contributed by atoms with Crippen LogP contribution < -0.4 is 14.4 Å². The minimum Gasteiger partial charge on any atom is -0.496 e. The first-order chi connectivity index (χ1) is 12.8. The van der Waals surface area contributed by atoms with Crippen molar-refractivity contribution in [3.63, 3.8) is 0 Å². The molecule has 2 aromatic carbocycles. The van der Waals surface area contributed by atoms with Crippen molar-refractivity contribution < 1.29 is 17.9 Å². The molecule has 0 saturated heterocycles. The predicted molar refractivity (Wildman–Crippen MR) is 108 cm³/mol. The van der Waals surface area contributed by atoms with Gasteiger partial charge in [0.1, 0.15) is 11.8 Å². The van der Waals surface area contributed by atoms with Crippen molar-refractivity contribution in [3.05, 3.63) is 59.1 Å². The Kier molecular flexibility index (Phi) is 7.10. The maximum Gasteiger partial charge on any atom is 0.244 e. The number of methoxy groups -OCH3 is 1. The number of benzene rings is 2. The van der Waals surface area contributed by atoms with Crippen molar-refractivity contribution in [2.24, 2.45) is 0 Å². The summed E-state index contributed by atoms with van der Waals surface area (Å²) in [6.45, 7) is 1.99. The molecule has 0 fully saturated rings. The van der Waals surface area contributed by atoms with E-state index >= 15 is 0 Å². The third-order valence-corrected chi connectivity index (χ3v) is 5.45. The minimum atomic E-state index is -3.70. The highest BCUT2D eigenvalue weighted by Gasteiger charge is 2.31. The van der Waals surface area contributed by atoms with Gasteiger partial charge in [-0.3, -0.25) is 9.10 Å². The zero-order chi connectivity index (χ0) is 20.0. The topological polar surface area (TPSA) is 75.7 Å². The van der Waals surface area contributed by atoms with Gasteiger partial charge in [-0.05, 0) is 30.7 Å². The number of nitrogens with zero attached hydrogens (tertiary/aromatic N) is 1. The van der Waals surface area contributed by atoms with Crippen LogP contribution in [0.3, 0.4) is 0 Å². The number of para-hydroxylation sites is 1. The Morgan fingerprint density at radius 2 is 1.93 bits per heavy atom. The standard InChI is InChI=1S/C19H23ClN2O4S/c1-4-17(19(23)21-13-14-8-5-6-11-18(14)26-2)22(27(3,24)25)16-10-7-9-15(20)12-16/h5-12,17H,4,13H2,1-3H3,(H,21,23)/t17-/m0/s1. The fourth-order valence-electron chi connectivity index (χ4n) is 2.82. The summed E-state index contributed by atoms with van der Waals surface area (Å²) in [6.07, 6.45) is 1.38. The van der Waals surface area contributed by atoms with Gasteiger partial charge in [0.25, 0.3) is 0 Å². The Bertz CT molecular complexity index is 902. The number of anilines is 1. The van der Waals surface area contributed by atoms with Crippen LogP contribution in [0.1, 0.15) is 18.9 Å². The smallest absolute Gasteiger partial charge is 0.244 e. The van der Waals surface area contributed by atoms with E-state index < -0.39 is 22.0 Å². The molecule has 8 heteroatoms. The lowest BCUT2D eigenvalue weighted by Gasteiger charge is -2.30. The fraction of sp³-hybridized carbons (Fsp3) is 0.316. The van der Waals surface area contributed by atoms with E-state index in [2.05, 4.69) is 5.32 Å². The van der Waals surface area contributed by atoms with Crippen LogP contribution in [0.15, 0.2) is 48.5 Å². The number of amides is 1. The normalized spacial score (nSPS) is 12.3. The lowest BCUT2D eigenvalue weighted by Crippen LogP contribution is -2.49. The summed E-state index contributed by atoms with van der Waals surface area (Å²) in [6, 6.07) is 12.9. The van der Waals surface area contributed by atoms with Crippen LogP contribution in [0.5, 0.6) is 5.75 Å². The van der Waals surface area contributed by atoms with Gasteiger partial charge in [0.15, 0.2) is 0 Å². The molecule has 0 aliphatic rings. The Balaban J connectivity index is 2.27. The molecule has 0 unspecified atom stereocenters. The summed E-state index contributed by atoms with van der Waals surface area (Å²) < 4.78 is 31.2. The van der Waals surface area contributed by atoms with Gasteiger partial charge in [0.05, 0.1) is 19.1 Å². The molecule has 0 saturated carbocycles. The number of rotatable bonds is 8. The lowest BCUT2D eigenvalue weighted by molar-refractivity contribution is -0.122. The van der Waals surface area contributed by atoms with Gasteiger partial charge in [-0.15, -0.1) is 0 Å². The molecular formula is C19H23ClN2O4S. The Morgan fingerprint density at radius 1 is 1.22 bits per heavy atom. The number of halogens is 1. The van der Waals surface area contributed by atoms with Gasteiger partial charge in [0.2, 0.25) is 15.9 Å². The van der Waals surface area contributed by atoms with Crippen LogP contribution in [0.4, 0.5) is 5.69 Å². The van der Waals surface area contributed by atoms with Gasteiger partial charge in [-0.25, -0.2) is 8.42 Å². The highest BCUT2D eigenvalue weighted by atomic mass is 35.5. The maximum atomic E-state index is 12.8. The number of carbonyl (C=O) groups is 1. The monoisotopic (exact) mass is 410 g/mol. The Hall–Kier alpha value is -2.25. The quantitative estimate of drug-likeness (QED) is 0.725. The van der Waals surface area contributed by atoms with Crippen LogP contribution in [0.25, 0.3) is 0 Å². The van der Waals surface area contributed by atoms with Gasteiger partial charge in [-0.2, -0.15) is 0 Å². The Labute approximate surface area is 165 Å². The average molecular weight is 411 g/mol. The largest absolute Gasteiger partial charge is 0.496 e. The summed E-state index contributed by atoms with van der Waals surface area (Å²) in [7, 11) is -2.14. The number of carbonyl (C=O) groups excluding carboxylic acids is 1. The maximum absolute atomic E-state index is 12.8. The molecule has 27 heavy (non-hydrogen) atoms. The molecule has 0 radical (unpaired) electrons. The van der Waals surface area contributed by atoms with Crippen molar-refractivity contribution in [2.75, 3.05) is 17.7 Å². The highest BCUT2D eigenvalue weighted by molar-refractivity contribution is 7.92. The summed E-state index contributed by atoms with van der Waals surface area (Å²) in [5.74, 6) is 0.259. The first-order valence-corrected chi connectivity index (χ1v) is 10.6. The number of nitrogens with one attached hydrogen (secondary N) is 1. The molecule has 1 amide bonds. The average Bonchev–Trinajstić information content (AvgIpc) is 2.63. The number of sulfonamides is 1. The number of hydrogen-bond acceptors (Lipinski definition) is 4. The second kappa shape index (κ2) is 9.10. The molecule has 2 rings (SSSR count). The van der Waals surface area contributed by atoms with E-state index in [1.54, 1.807) is 38.3 Å². The van der Waals surface area contributed by atoms with Crippen molar-refractivity contribution in [1.82, 2.24) is 5.32 Å². The van der Waals surface area contributed by atoms with Gasteiger partial charge >= 0.3 is 0 Å². The van der Waals surface area contributed by atoms with Crippen LogP contribution in [-0.4, -0.2) is 33.7 Å². The molecule has 146 valence electrons. The van der Waals surface area contributed by atoms with Crippen molar-refractivity contribution >= 4 is 33.2 Å². The zero-order valence-corrected chi connectivity index (χ0v) is 17.0. The Morgan fingerprint density at radius 3 is 2.52 bits per heavy atom. The molecule has 6 nitrogen and oxygen atoms in total. The fourth-order valence-corrected chi connectivity index (χ4v) is 4.21. The molecular weight excluding hydrogens is 388 g/mol. The second-order valence-corrected chi connectivity index (χ2v) is 8.29. The summed E-state index contributed by atoms with van der Waals surface area (Å²) in [5, 5.41) is 3.20. The first-order valence-electron chi connectivity index (χ1n) is 8.42. The van der Waals surface area contributed by atoms with E-state index in [1.165, 1.54) is 6.07 Å². The van der Waals surface area contributed by atoms with E-state index in [1.807, 2.05) is 18.2 Å². The minimum absolute atomic E-state index is 0.229. The molecule has 0 aliphatic carbocycles. The van der Waals surface area contributed by atoms with Crippen LogP contribution in [0.2, 0.25) is 5.02 Å². The molecule has 0 bridgehead atoms. The highest BCUT2D eigenvalue weighted by Crippen LogP contribution is 2.25. The molecule has 2 aromatic rings. The second-order valence-electron chi connectivity index (χ2n) is 5.99. The first kappa shape index (κ1) is 21.1. The molecule has 0 heterocycles. The van der Waals surface area contributed by atoms with Crippen LogP contribution in [-0.2, 0) is 21.4 Å². The van der Waals surface area contributed by atoms with Crippen molar-refractivity contribution in [1.29, 1.82) is 0 Å². The number of hydrogen-bond donors (Lipinski definition) is 1. The zero-order valence-electron chi connectivity index (χ0n) is 15.5. The van der Waals surface area contributed by atoms with E-state index in [9.17, 15) is 13.2 Å². The van der Waals surface area contributed by atoms with Gasteiger partial charge in [0, 0.05) is 17.1 Å². The summed E-state index contributed by atoms with van der Waals surface area (Å²) in [4.78, 5) is 12.8. The van der Waals surface area contributed by atoms with Crippen molar-refractivity contribution in [3.8, 4) is 5.75 Å². The molecule has 1 atom stereocenters. The van der Waals surface area contributed by atoms with Crippen LogP contribution >= 0.6 is 11.6 Å². The predicted octanol–water partition coefficient (Wildman–Crippen LogP) is 3.21. The lowest BCUT2D eigenvalue weighted by atomic mass is 10.1. The third-order valence-electron chi connectivity index (χ3n) is 4.04. The molecule has 0 spiro atoms. The molecule has 0 aliphatic heterocycles. The number of ether oxygens (including phenoxy) is 1. The molecule has 1 N–H and O–H groups in total. The molecule has 0 aromatic heterocycles. The third kappa shape index (κ3) is 5.37. The van der Waals surface area contributed by atoms with E-state index in [0.29, 0.717) is 22.9 Å². The SMILES string of the molecule is CC[C@@H](C(=O)NCc1ccccc1OC)N(c1cccc(Cl)c1)S(C)(=O)=O. The van der Waals surface area contributed by atoms with Gasteiger partial charge in [-0.1, -0.05) is 42.8 Å². The van der Waals surface area contributed by atoms with Gasteiger partial charge < -0.3 is 10.1 Å². The van der Waals surface area contributed by atoms with E-state index in [0.717, 1.165) is 16.1 Å². The van der Waals surface area contributed by atoms with Crippen molar-refractivity contribution in [2.45, 2.75) is 25.9 Å².